The van der Waals surface area contributed by atoms with Crippen LogP contribution in [0.3, 0.4) is 0 Å². The van der Waals surface area contributed by atoms with Crippen LogP contribution in [0.5, 0.6) is 0 Å². The van der Waals surface area contributed by atoms with Gasteiger partial charge in [-0.1, -0.05) is 0 Å². The molecule has 0 aromatic rings. The lowest BCUT2D eigenvalue weighted by molar-refractivity contribution is -0.132. The first-order valence-corrected chi connectivity index (χ1v) is 5.71. The molecule has 1 heterocycles. The second kappa shape index (κ2) is 6.08. The van der Waals surface area contributed by atoms with E-state index < -0.39 is 0 Å². The molecule has 88 valence electrons. The third-order valence-electron chi connectivity index (χ3n) is 3.04. The van der Waals surface area contributed by atoms with E-state index in [0.717, 1.165) is 25.9 Å². The summed E-state index contributed by atoms with van der Waals surface area (Å²) in [4.78, 5) is 15.5. The first kappa shape index (κ1) is 12.5. The molecule has 1 N–H and O–H groups in total. The molecule has 0 radical (unpaired) electrons. The third kappa shape index (κ3) is 3.80. The largest absolute Gasteiger partial charge is 0.395 e. The van der Waals surface area contributed by atoms with Crippen LogP contribution in [0.4, 0.5) is 0 Å². The van der Waals surface area contributed by atoms with Crippen molar-refractivity contribution in [3.8, 4) is 0 Å². The molecule has 1 aliphatic heterocycles. The Labute approximate surface area is 91.9 Å². The van der Waals surface area contributed by atoms with Crippen molar-refractivity contribution in [2.75, 3.05) is 33.3 Å². The number of amides is 1. The molecule has 1 amide bonds. The van der Waals surface area contributed by atoms with Crippen LogP contribution < -0.4 is 0 Å². The minimum atomic E-state index is 0.178. The van der Waals surface area contributed by atoms with Crippen molar-refractivity contribution < 1.29 is 9.90 Å². The molecule has 0 aliphatic carbocycles. The predicted octanol–water partition coefficient (Wildman–Crippen LogP) is 0.311. The quantitative estimate of drug-likeness (QED) is 0.732. The highest BCUT2D eigenvalue weighted by molar-refractivity contribution is 5.73. The van der Waals surface area contributed by atoms with Crippen molar-refractivity contribution >= 4 is 5.91 Å². The number of likely N-dealkylation sites (tertiary alicyclic amines) is 1. The van der Waals surface area contributed by atoms with Crippen LogP contribution >= 0.6 is 0 Å². The van der Waals surface area contributed by atoms with E-state index in [2.05, 4.69) is 4.90 Å². The zero-order chi connectivity index (χ0) is 11.3. The monoisotopic (exact) mass is 214 g/mol. The second-order valence-electron chi connectivity index (χ2n) is 4.35. The SMILES string of the molecule is CC(=O)N1CCCCC1CN(C)CCO. The molecule has 1 rings (SSSR count). The van der Waals surface area contributed by atoms with Crippen molar-refractivity contribution in [2.45, 2.75) is 32.2 Å². The maximum absolute atomic E-state index is 11.4. The number of rotatable bonds is 4. The molecule has 1 unspecified atom stereocenters. The van der Waals surface area contributed by atoms with Gasteiger partial charge >= 0.3 is 0 Å². The van der Waals surface area contributed by atoms with Gasteiger partial charge in [-0.2, -0.15) is 0 Å². The zero-order valence-electron chi connectivity index (χ0n) is 9.78. The molecule has 4 nitrogen and oxygen atoms in total. The second-order valence-corrected chi connectivity index (χ2v) is 4.35. The Morgan fingerprint density at radius 3 is 2.87 bits per heavy atom. The number of hydrogen-bond donors (Lipinski definition) is 1. The highest BCUT2D eigenvalue weighted by Crippen LogP contribution is 2.17. The van der Waals surface area contributed by atoms with Crippen LogP contribution in [0.15, 0.2) is 0 Å². The Morgan fingerprint density at radius 1 is 1.53 bits per heavy atom. The minimum absolute atomic E-state index is 0.178. The van der Waals surface area contributed by atoms with E-state index in [4.69, 9.17) is 5.11 Å². The lowest BCUT2D eigenvalue weighted by atomic mass is 10.0. The summed E-state index contributed by atoms with van der Waals surface area (Å²) in [6, 6.07) is 0.341. The van der Waals surface area contributed by atoms with Gasteiger partial charge in [0.1, 0.15) is 0 Å². The first-order chi connectivity index (χ1) is 7.15. The molecule has 0 bridgehead atoms. The molecule has 0 saturated carbocycles. The molecule has 0 aromatic carbocycles. The van der Waals surface area contributed by atoms with E-state index in [1.165, 1.54) is 6.42 Å². The lowest BCUT2D eigenvalue weighted by Crippen LogP contribution is -2.48. The van der Waals surface area contributed by atoms with E-state index in [0.29, 0.717) is 12.6 Å². The Hall–Kier alpha value is -0.610. The van der Waals surface area contributed by atoms with Crippen LogP contribution in [0.2, 0.25) is 0 Å². The van der Waals surface area contributed by atoms with E-state index in [1.54, 1.807) is 6.92 Å². The van der Waals surface area contributed by atoms with Crippen molar-refractivity contribution in [3.63, 3.8) is 0 Å². The fourth-order valence-corrected chi connectivity index (χ4v) is 2.23. The van der Waals surface area contributed by atoms with Crippen molar-refractivity contribution in [1.82, 2.24) is 9.80 Å². The third-order valence-corrected chi connectivity index (χ3v) is 3.04. The molecule has 0 spiro atoms. The molecular formula is C11H22N2O2. The molecule has 4 heteroatoms. The van der Waals surface area contributed by atoms with Gasteiger partial charge < -0.3 is 14.9 Å². The molecular weight excluding hydrogens is 192 g/mol. The van der Waals surface area contributed by atoms with Gasteiger partial charge in [0, 0.05) is 32.6 Å². The highest BCUT2D eigenvalue weighted by Gasteiger charge is 2.24. The Morgan fingerprint density at radius 2 is 2.27 bits per heavy atom. The Kier molecular flexibility index (Phi) is 5.05. The van der Waals surface area contributed by atoms with Crippen LogP contribution in [0.1, 0.15) is 26.2 Å². The molecule has 1 atom stereocenters. The summed E-state index contributed by atoms with van der Waals surface area (Å²) >= 11 is 0. The van der Waals surface area contributed by atoms with Crippen LogP contribution in [0.25, 0.3) is 0 Å². The average molecular weight is 214 g/mol. The van der Waals surface area contributed by atoms with Gasteiger partial charge in [-0.25, -0.2) is 0 Å². The summed E-state index contributed by atoms with van der Waals surface area (Å²) in [6.45, 7) is 4.28. The topological polar surface area (TPSA) is 43.8 Å². The Balaban J connectivity index is 2.45. The predicted molar refractivity (Wildman–Crippen MR) is 59.6 cm³/mol. The van der Waals surface area contributed by atoms with Gasteiger partial charge in [0.15, 0.2) is 0 Å². The molecule has 1 fully saturated rings. The van der Waals surface area contributed by atoms with E-state index >= 15 is 0 Å². The van der Waals surface area contributed by atoms with Gasteiger partial charge in [0.25, 0.3) is 0 Å². The fourth-order valence-electron chi connectivity index (χ4n) is 2.23. The van der Waals surface area contributed by atoms with Gasteiger partial charge in [0.2, 0.25) is 5.91 Å². The van der Waals surface area contributed by atoms with Gasteiger partial charge in [-0.15, -0.1) is 0 Å². The number of hydrogen-bond acceptors (Lipinski definition) is 3. The van der Waals surface area contributed by atoms with Gasteiger partial charge in [-0.05, 0) is 26.3 Å². The van der Waals surface area contributed by atoms with E-state index in [-0.39, 0.29) is 12.5 Å². The van der Waals surface area contributed by atoms with Crippen LogP contribution in [-0.4, -0.2) is 60.1 Å². The minimum Gasteiger partial charge on any atom is -0.395 e. The maximum atomic E-state index is 11.4. The number of aliphatic hydroxyl groups is 1. The molecule has 15 heavy (non-hydrogen) atoms. The Bertz CT molecular complexity index is 209. The van der Waals surface area contributed by atoms with E-state index in [9.17, 15) is 4.79 Å². The number of nitrogens with zero attached hydrogens (tertiary/aromatic N) is 2. The number of aliphatic hydroxyl groups excluding tert-OH is 1. The number of piperidine rings is 1. The van der Waals surface area contributed by atoms with Crippen molar-refractivity contribution in [2.24, 2.45) is 0 Å². The molecule has 0 aromatic heterocycles. The standard InChI is InChI=1S/C11H22N2O2/c1-10(15)13-6-4-3-5-11(13)9-12(2)7-8-14/h11,14H,3-9H2,1-2H3. The normalized spacial score (nSPS) is 22.1. The first-order valence-electron chi connectivity index (χ1n) is 5.71. The molecule has 1 saturated heterocycles. The molecule has 1 aliphatic rings. The lowest BCUT2D eigenvalue weighted by Gasteiger charge is -2.37. The summed E-state index contributed by atoms with van der Waals surface area (Å²) in [5.41, 5.74) is 0. The fraction of sp³-hybridized carbons (Fsp3) is 0.909. The summed E-state index contributed by atoms with van der Waals surface area (Å²) < 4.78 is 0. The average Bonchev–Trinajstić information content (AvgIpc) is 2.18. The van der Waals surface area contributed by atoms with Crippen molar-refractivity contribution in [1.29, 1.82) is 0 Å². The summed E-state index contributed by atoms with van der Waals surface area (Å²) in [5.74, 6) is 0.178. The van der Waals surface area contributed by atoms with E-state index in [1.807, 2.05) is 11.9 Å². The van der Waals surface area contributed by atoms with Crippen LogP contribution in [0, 0.1) is 0 Å². The highest BCUT2D eigenvalue weighted by atomic mass is 16.3. The number of carbonyl (C=O) groups excluding carboxylic acids is 1. The zero-order valence-corrected chi connectivity index (χ0v) is 9.78. The number of carbonyl (C=O) groups is 1. The smallest absolute Gasteiger partial charge is 0.219 e. The number of likely N-dealkylation sites (N-methyl/N-ethyl adjacent to an activating group) is 1. The summed E-state index contributed by atoms with van der Waals surface area (Å²) in [7, 11) is 1.99. The van der Waals surface area contributed by atoms with Crippen molar-refractivity contribution in [3.05, 3.63) is 0 Å². The van der Waals surface area contributed by atoms with Gasteiger partial charge in [-0.3, -0.25) is 4.79 Å². The van der Waals surface area contributed by atoms with Gasteiger partial charge in [0.05, 0.1) is 6.61 Å². The summed E-state index contributed by atoms with van der Waals surface area (Å²) in [5, 5.41) is 8.82. The van der Waals surface area contributed by atoms with Crippen LogP contribution in [-0.2, 0) is 4.79 Å². The summed E-state index contributed by atoms with van der Waals surface area (Å²) in [6.07, 6.45) is 3.43. The maximum Gasteiger partial charge on any atom is 0.219 e.